The van der Waals surface area contributed by atoms with Crippen LogP contribution in [0.4, 0.5) is 0 Å². The predicted molar refractivity (Wildman–Crippen MR) is 248 cm³/mol. The number of para-hydroxylation sites is 4. The summed E-state index contributed by atoms with van der Waals surface area (Å²) in [4.78, 5) is 5.11. The van der Waals surface area contributed by atoms with E-state index >= 15 is 0 Å². The molecule has 7 aromatic carbocycles. The summed E-state index contributed by atoms with van der Waals surface area (Å²) in [6, 6.07) is 52.3. The Morgan fingerprint density at radius 2 is 1.25 bits per heavy atom. The Balaban J connectivity index is 1.08. The van der Waals surface area contributed by atoms with E-state index in [1.807, 2.05) is 30.3 Å². The second kappa shape index (κ2) is 13.1. The quantitative estimate of drug-likeness (QED) is 0.172. The van der Waals surface area contributed by atoms with Crippen LogP contribution >= 0.6 is 0 Å². The summed E-state index contributed by atoms with van der Waals surface area (Å²) in [6.45, 7) is 4.11. The molecule has 0 fully saturated rings. The first-order chi connectivity index (χ1) is 30.8. The van der Waals surface area contributed by atoms with Crippen LogP contribution in [0.5, 0.6) is 11.5 Å². The van der Waals surface area contributed by atoms with Gasteiger partial charge in [-0.15, -0.1) is 0 Å². The van der Waals surface area contributed by atoms with Crippen LogP contribution in [0, 0.1) is 10.7 Å². The molecule has 12 rings (SSSR count). The Morgan fingerprint density at radius 1 is 0.574 bits per heavy atom. The third-order valence-electron chi connectivity index (χ3n) is 12.5. The van der Waals surface area contributed by atoms with Crippen molar-refractivity contribution in [3.05, 3.63) is 173 Å². The molecular weight excluding hydrogens is 930 g/mol. The Bertz CT molecular complexity index is 3940. The summed E-state index contributed by atoms with van der Waals surface area (Å²) < 4.78 is 43.2. The van der Waals surface area contributed by atoms with Crippen molar-refractivity contribution in [1.82, 2.24) is 23.1 Å². The van der Waals surface area contributed by atoms with Crippen LogP contribution in [0.3, 0.4) is 0 Å². The molecule has 0 saturated heterocycles. The third kappa shape index (κ3) is 5.38. The predicted octanol–water partition coefficient (Wildman–Crippen LogP) is 13.8. The molecule has 5 aromatic heterocycles. The van der Waals surface area contributed by atoms with Crippen molar-refractivity contribution in [2.75, 3.05) is 0 Å². The smallest absolute Gasteiger partial charge is 0.0579 e. The molecule has 0 aliphatic rings. The molecule has 61 heavy (non-hydrogen) atoms. The van der Waals surface area contributed by atoms with Crippen LogP contribution in [0.25, 0.3) is 93.6 Å². The van der Waals surface area contributed by atoms with Crippen LogP contribution in [-0.2, 0) is 31.8 Å². The summed E-state index contributed by atoms with van der Waals surface area (Å²) >= 11 is 2.37. The Morgan fingerprint density at radius 3 is 2.05 bits per heavy atom. The van der Waals surface area contributed by atoms with Gasteiger partial charge in [0.25, 0.3) is 0 Å². The van der Waals surface area contributed by atoms with Crippen molar-refractivity contribution in [2.45, 2.75) is 33.0 Å². The number of ether oxygens (including phenoxy) is 1. The van der Waals surface area contributed by atoms with Crippen molar-refractivity contribution in [3.63, 3.8) is 0 Å². The van der Waals surface area contributed by atoms with E-state index in [1.54, 1.807) is 12.3 Å². The summed E-state index contributed by atoms with van der Waals surface area (Å²) in [6.07, 6.45) is 1.73. The summed E-state index contributed by atoms with van der Waals surface area (Å²) in [5.74, 6) is 1.86. The van der Waals surface area contributed by atoms with Crippen LogP contribution in [0.2, 0.25) is 0 Å². The standard InChI is InChI=1S/C54H41N5O.Pt/c1-33-26-52(55-31-45(33)34-20-22-35(23-21-34)54(2,3)4)58-49-28-38(60-37-13-10-12-36(27-37)57-32-56(5)47-18-8-9-19-48(47)57)24-25-40(49)43-29-44-42-16-11-15-41-39-14-6-7-17-46(39)59(53(41)42)51(44)30-50(43)58;/h6-31H,1-5H3;/i1D3;. The SMILES string of the molecule is [2H]C([2H])([2H])c1cc(-n2c3cc(Oc4cccc(-n5[c](=[Pt])n(C)c6ccccc65)c4)ccc3c3cc4c5cccc6c7ccccc7n(c4cc32)c65)ncc1-c1ccc(C(C)(C)C)cc1. The molecule has 0 radical (unpaired) electrons. The zero-order chi connectivity index (χ0) is 43.8. The van der Waals surface area contributed by atoms with Crippen molar-refractivity contribution >= 4 is 70.9 Å². The van der Waals surface area contributed by atoms with E-state index in [9.17, 15) is 0 Å². The average molecular weight is 974 g/mol. The molecule has 0 aliphatic carbocycles. The minimum Gasteiger partial charge on any atom is -0.0579 e. The number of aromatic nitrogens is 5. The zero-order valence-electron chi connectivity index (χ0n) is 37.0. The van der Waals surface area contributed by atoms with Crippen LogP contribution in [-0.4, -0.2) is 23.1 Å². The normalized spacial score (nSPS) is 13.4. The molecule has 0 unspecified atom stereocenters. The molecule has 0 bridgehead atoms. The average Bonchev–Trinajstić information content (AvgIpc) is 3.98. The van der Waals surface area contributed by atoms with Gasteiger partial charge in [0.15, 0.2) is 0 Å². The van der Waals surface area contributed by atoms with E-state index in [2.05, 4.69) is 181 Å². The molecule has 0 spiro atoms. The monoisotopic (exact) mass is 973 g/mol. The molecule has 12 aromatic rings. The van der Waals surface area contributed by atoms with Crippen LogP contribution in [0.15, 0.2) is 158 Å². The fraction of sp³-hybridized carbons (Fsp3) is 0.111. The van der Waals surface area contributed by atoms with Crippen molar-refractivity contribution < 1.29 is 28.2 Å². The van der Waals surface area contributed by atoms with Gasteiger partial charge in [0, 0.05) is 37.4 Å². The van der Waals surface area contributed by atoms with Gasteiger partial charge in [-0.1, -0.05) is 81.4 Å². The maximum absolute atomic E-state index is 8.82. The molecule has 0 amide bonds. The van der Waals surface area contributed by atoms with Crippen molar-refractivity contribution in [2.24, 2.45) is 7.05 Å². The molecular formula is C54H41N5OPt. The molecule has 298 valence electrons. The van der Waals surface area contributed by atoms with Crippen molar-refractivity contribution in [3.8, 4) is 34.1 Å². The third-order valence-corrected chi connectivity index (χ3v) is 13.8. The topological polar surface area (TPSA) is 41.3 Å². The molecule has 0 aliphatic heterocycles. The fourth-order valence-corrected chi connectivity index (χ4v) is 10.3. The molecule has 5 heterocycles. The number of rotatable bonds is 5. The first-order valence-electron chi connectivity index (χ1n) is 22.0. The van der Waals surface area contributed by atoms with Gasteiger partial charge in [0.05, 0.1) is 16.6 Å². The minimum atomic E-state index is -2.41. The first-order valence-corrected chi connectivity index (χ1v) is 21.6. The summed E-state index contributed by atoms with van der Waals surface area (Å²) in [5, 5.41) is 6.81. The summed E-state index contributed by atoms with van der Waals surface area (Å²) in [7, 11) is 2.08. The van der Waals surface area contributed by atoms with E-state index in [1.165, 1.54) is 27.2 Å². The number of fused-ring (bicyclic) bond motifs is 10. The van der Waals surface area contributed by atoms with Gasteiger partial charge < -0.3 is 4.40 Å². The number of benzene rings is 7. The van der Waals surface area contributed by atoms with Gasteiger partial charge >= 0.3 is 194 Å². The van der Waals surface area contributed by atoms with Gasteiger partial charge in [-0.3, -0.25) is 0 Å². The van der Waals surface area contributed by atoms with E-state index in [4.69, 9.17) is 13.8 Å². The first kappa shape index (κ1) is 33.0. The van der Waals surface area contributed by atoms with Gasteiger partial charge in [0.1, 0.15) is 0 Å². The number of pyridine rings is 1. The number of nitrogens with zero attached hydrogens (tertiary/aromatic N) is 5. The van der Waals surface area contributed by atoms with Crippen LogP contribution < -0.4 is 4.74 Å². The Kier molecular flexibility index (Phi) is 7.10. The van der Waals surface area contributed by atoms with Gasteiger partial charge in [-0.2, -0.15) is 0 Å². The molecule has 0 saturated carbocycles. The van der Waals surface area contributed by atoms with Gasteiger partial charge in [-0.25, -0.2) is 0 Å². The zero-order valence-corrected chi connectivity index (χ0v) is 36.2. The fourth-order valence-electron chi connectivity index (χ4n) is 9.51. The van der Waals surface area contributed by atoms with Crippen LogP contribution in [0.1, 0.15) is 36.0 Å². The number of imidazole rings is 1. The molecule has 0 N–H and O–H groups in total. The number of aryl methyl sites for hydroxylation is 2. The van der Waals surface area contributed by atoms with Crippen molar-refractivity contribution in [1.29, 1.82) is 0 Å². The summed E-state index contributed by atoms with van der Waals surface area (Å²) in [5.41, 5.74) is 11.2. The minimum absolute atomic E-state index is 0.0375. The maximum atomic E-state index is 8.82. The molecule has 0 atom stereocenters. The molecule has 6 nitrogen and oxygen atoms in total. The second-order valence-electron chi connectivity index (χ2n) is 17.1. The number of hydrogen-bond acceptors (Lipinski definition) is 2. The Hall–Kier alpha value is -6.75. The Labute approximate surface area is 367 Å². The van der Waals surface area contributed by atoms with Gasteiger partial charge in [-0.05, 0) is 35.0 Å². The molecule has 7 heteroatoms. The van der Waals surface area contributed by atoms with Gasteiger partial charge in [0.2, 0.25) is 0 Å². The van der Waals surface area contributed by atoms with E-state index in [0.29, 0.717) is 22.9 Å². The van der Waals surface area contributed by atoms with E-state index < -0.39 is 6.85 Å². The van der Waals surface area contributed by atoms with E-state index in [-0.39, 0.29) is 11.0 Å². The number of hydrogen-bond donors (Lipinski definition) is 0. The second-order valence-corrected chi connectivity index (χ2v) is 18.1. The van der Waals surface area contributed by atoms with E-state index in [0.717, 1.165) is 64.3 Å².